The molecule has 0 amide bonds. The van der Waals surface area contributed by atoms with Gasteiger partial charge in [0, 0.05) is 6.07 Å². The van der Waals surface area contributed by atoms with Crippen LogP contribution in [0.3, 0.4) is 0 Å². The van der Waals surface area contributed by atoms with Gasteiger partial charge in [-0.15, -0.1) is 0 Å². The molecule has 11 nitrogen and oxygen atoms in total. The number of nitrogens with one attached hydrogen (secondary N) is 1. The fourth-order valence-electron chi connectivity index (χ4n) is 0.999. The molecular weight excluding hydrogens is 271 g/mol. The van der Waals surface area contributed by atoms with E-state index in [1.807, 2.05) is 0 Å². The molecule has 0 aromatic heterocycles. The summed E-state index contributed by atoms with van der Waals surface area (Å²) in [6.45, 7) is 0. The SMILES string of the molecule is NNP(=O)(O)Oc1ccc([N+](=O)[O-])cc1[N+](=O)[O-]. The third-order valence-corrected chi connectivity index (χ3v) is 2.51. The summed E-state index contributed by atoms with van der Waals surface area (Å²) in [4.78, 5) is 28.2. The van der Waals surface area contributed by atoms with E-state index in [2.05, 4.69) is 4.52 Å². The molecule has 1 unspecified atom stereocenters. The van der Waals surface area contributed by atoms with Gasteiger partial charge in [-0.2, -0.15) is 5.20 Å². The predicted octanol–water partition coefficient (Wildman–Crippen LogP) is 0.445. The molecule has 1 aromatic rings. The Kier molecular flexibility index (Phi) is 3.93. The van der Waals surface area contributed by atoms with Crippen molar-refractivity contribution in [1.82, 2.24) is 5.20 Å². The molecule has 1 rings (SSSR count). The van der Waals surface area contributed by atoms with Crippen LogP contribution in [-0.2, 0) is 4.57 Å². The molecule has 0 aliphatic heterocycles. The molecule has 1 aromatic carbocycles. The van der Waals surface area contributed by atoms with Crippen molar-refractivity contribution in [1.29, 1.82) is 0 Å². The standard InChI is InChI=1S/C6H7N4O7P/c7-8-18(15,16)17-6-2-1-4(9(11)12)3-5(6)10(13)14/h1-3H,7H2,(H2,8,15,16). The van der Waals surface area contributed by atoms with Gasteiger partial charge in [-0.25, -0.2) is 4.57 Å². The van der Waals surface area contributed by atoms with Crippen molar-refractivity contribution in [2.24, 2.45) is 5.84 Å². The molecular formula is C6H7N4O7P. The molecule has 0 aliphatic rings. The second kappa shape index (κ2) is 5.06. The van der Waals surface area contributed by atoms with Gasteiger partial charge < -0.3 is 9.42 Å². The van der Waals surface area contributed by atoms with E-state index >= 15 is 0 Å². The van der Waals surface area contributed by atoms with E-state index in [-0.39, 0.29) is 0 Å². The van der Waals surface area contributed by atoms with Crippen LogP contribution < -0.4 is 15.6 Å². The van der Waals surface area contributed by atoms with Crippen LogP contribution in [0.15, 0.2) is 18.2 Å². The largest absolute Gasteiger partial charge is 0.469 e. The average Bonchev–Trinajstić information content (AvgIpc) is 2.28. The summed E-state index contributed by atoms with van der Waals surface area (Å²) in [5.74, 6) is 4.08. The molecule has 0 radical (unpaired) electrons. The summed E-state index contributed by atoms with van der Waals surface area (Å²) in [7, 11) is -4.45. The second-order valence-corrected chi connectivity index (χ2v) is 4.39. The maximum atomic E-state index is 11.1. The van der Waals surface area contributed by atoms with Crippen molar-refractivity contribution in [2.45, 2.75) is 0 Å². The third kappa shape index (κ3) is 3.21. The molecule has 0 saturated carbocycles. The molecule has 0 heterocycles. The number of hydrogen-bond donors (Lipinski definition) is 3. The van der Waals surface area contributed by atoms with Crippen molar-refractivity contribution < 1.29 is 23.8 Å². The highest BCUT2D eigenvalue weighted by Gasteiger charge is 2.27. The highest BCUT2D eigenvalue weighted by Crippen LogP contribution is 2.42. The van der Waals surface area contributed by atoms with Gasteiger partial charge in [0.05, 0.1) is 15.9 Å². The first-order chi connectivity index (χ1) is 8.26. The third-order valence-electron chi connectivity index (χ3n) is 1.74. The van der Waals surface area contributed by atoms with Crippen molar-refractivity contribution >= 4 is 19.1 Å². The first-order valence-corrected chi connectivity index (χ1v) is 5.77. The maximum Gasteiger partial charge on any atom is 0.469 e. The molecule has 0 saturated heterocycles. The number of nitro benzene ring substituents is 2. The number of nitrogens with two attached hydrogens (primary N) is 1. The first kappa shape index (κ1) is 14.0. The van der Waals surface area contributed by atoms with Gasteiger partial charge in [0.15, 0.2) is 0 Å². The average molecular weight is 278 g/mol. The lowest BCUT2D eigenvalue weighted by Gasteiger charge is -2.10. The zero-order valence-corrected chi connectivity index (χ0v) is 9.44. The molecule has 0 aliphatic carbocycles. The summed E-state index contributed by atoms with van der Waals surface area (Å²) < 4.78 is 15.5. The number of non-ortho nitro benzene ring substituents is 1. The number of benzene rings is 1. The van der Waals surface area contributed by atoms with Gasteiger partial charge >= 0.3 is 13.4 Å². The highest BCUT2D eigenvalue weighted by atomic mass is 31.2. The van der Waals surface area contributed by atoms with Crippen LogP contribution in [0.5, 0.6) is 5.75 Å². The van der Waals surface area contributed by atoms with E-state index in [1.54, 1.807) is 0 Å². The van der Waals surface area contributed by atoms with E-state index < -0.39 is 34.7 Å². The maximum absolute atomic E-state index is 11.1. The van der Waals surface area contributed by atoms with E-state index in [1.165, 1.54) is 5.20 Å². The lowest BCUT2D eigenvalue weighted by Crippen LogP contribution is -2.21. The van der Waals surface area contributed by atoms with Gasteiger partial charge in [0.25, 0.3) is 5.69 Å². The molecule has 4 N–H and O–H groups in total. The quantitative estimate of drug-likeness (QED) is 0.299. The van der Waals surface area contributed by atoms with Gasteiger partial charge in [-0.3, -0.25) is 26.1 Å². The minimum Gasteiger partial charge on any atom is -0.405 e. The van der Waals surface area contributed by atoms with Crippen LogP contribution in [-0.4, -0.2) is 14.7 Å². The van der Waals surface area contributed by atoms with Crippen molar-refractivity contribution in [3.8, 4) is 5.75 Å². The predicted molar refractivity (Wildman–Crippen MR) is 57.5 cm³/mol. The van der Waals surface area contributed by atoms with Crippen molar-refractivity contribution in [3.63, 3.8) is 0 Å². The molecule has 12 heteroatoms. The Bertz CT molecular complexity index is 547. The van der Waals surface area contributed by atoms with Crippen LogP contribution in [0, 0.1) is 20.2 Å². The van der Waals surface area contributed by atoms with Crippen LogP contribution in [0.25, 0.3) is 0 Å². The fraction of sp³-hybridized carbons (Fsp3) is 0. The summed E-state index contributed by atoms with van der Waals surface area (Å²) in [6.07, 6.45) is 0. The van der Waals surface area contributed by atoms with Crippen LogP contribution >= 0.6 is 7.75 Å². The minimum absolute atomic E-state index is 0.553. The number of nitrogens with zero attached hydrogens (tertiary/aromatic N) is 2. The Hall–Kier alpha value is -2.07. The molecule has 98 valence electrons. The van der Waals surface area contributed by atoms with E-state index in [9.17, 15) is 24.8 Å². The van der Waals surface area contributed by atoms with Gasteiger partial charge in [-0.05, 0) is 6.07 Å². The smallest absolute Gasteiger partial charge is 0.405 e. The molecule has 0 spiro atoms. The topological polar surface area (TPSA) is 171 Å². The molecule has 18 heavy (non-hydrogen) atoms. The number of hydrogen-bond acceptors (Lipinski definition) is 7. The van der Waals surface area contributed by atoms with Gasteiger partial charge in [0.1, 0.15) is 0 Å². The Morgan fingerprint density at radius 2 is 1.94 bits per heavy atom. The first-order valence-electron chi connectivity index (χ1n) is 4.20. The summed E-state index contributed by atoms with van der Waals surface area (Å²) in [5, 5.41) is 22.5. The van der Waals surface area contributed by atoms with Gasteiger partial charge in [-0.1, -0.05) is 0 Å². The van der Waals surface area contributed by atoms with Crippen LogP contribution in [0.1, 0.15) is 0 Å². The summed E-state index contributed by atoms with van der Waals surface area (Å²) in [5.41, 5.74) is -1.38. The minimum atomic E-state index is -4.45. The monoisotopic (exact) mass is 278 g/mol. The molecule has 0 fully saturated rings. The molecule has 0 bridgehead atoms. The van der Waals surface area contributed by atoms with Crippen LogP contribution in [0.4, 0.5) is 11.4 Å². The van der Waals surface area contributed by atoms with Crippen LogP contribution in [0.2, 0.25) is 0 Å². The summed E-state index contributed by atoms with van der Waals surface area (Å²) >= 11 is 0. The zero-order valence-electron chi connectivity index (χ0n) is 8.55. The second-order valence-electron chi connectivity index (χ2n) is 2.91. The summed E-state index contributed by atoms with van der Waals surface area (Å²) in [6, 6.07) is 2.32. The van der Waals surface area contributed by atoms with E-state index in [0.717, 1.165) is 12.1 Å². The lowest BCUT2D eigenvalue weighted by molar-refractivity contribution is -0.394. The number of hydrazine groups is 1. The van der Waals surface area contributed by atoms with Gasteiger partial charge in [0.2, 0.25) is 5.75 Å². The Balaban J connectivity index is 3.24. The van der Waals surface area contributed by atoms with E-state index in [0.29, 0.717) is 6.07 Å². The number of rotatable bonds is 5. The normalized spacial score (nSPS) is 13.7. The number of nitro groups is 2. The zero-order chi connectivity index (χ0) is 13.9. The Morgan fingerprint density at radius 3 is 2.39 bits per heavy atom. The lowest BCUT2D eigenvalue weighted by atomic mass is 10.2. The van der Waals surface area contributed by atoms with Crippen molar-refractivity contribution in [3.05, 3.63) is 38.4 Å². The Labute approximate surface area is 99.0 Å². The fourth-order valence-corrected chi connectivity index (χ4v) is 1.47. The Morgan fingerprint density at radius 1 is 1.33 bits per heavy atom. The van der Waals surface area contributed by atoms with E-state index in [4.69, 9.17) is 10.7 Å². The van der Waals surface area contributed by atoms with Crippen molar-refractivity contribution in [2.75, 3.05) is 0 Å². The molecule has 1 atom stereocenters. The highest BCUT2D eigenvalue weighted by molar-refractivity contribution is 7.50.